The number of benzene rings is 1. The number of sulfonamides is 1. The van der Waals surface area contributed by atoms with Crippen molar-refractivity contribution in [2.24, 2.45) is 0 Å². The number of nitrogens with zero attached hydrogens (tertiary/aromatic N) is 3. The topological polar surface area (TPSA) is 75.2 Å². The molecule has 0 bridgehead atoms. The second-order valence-electron chi connectivity index (χ2n) is 5.52. The van der Waals surface area contributed by atoms with E-state index in [0.717, 1.165) is 12.1 Å². The summed E-state index contributed by atoms with van der Waals surface area (Å²) in [5, 5.41) is 3.22. The summed E-state index contributed by atoms with van der Waals surface area (Å²) in [5.74, 6) is -1.14. The molecule has 0 aliphatic carbocycles. The molecule has 24 heavy (non-hydrogen) atoms. The summed E-state index contributed by atoms with van der Waals surface area (Å²) >= 11 is 0. The lowest BCUT2D eigenvalue weighted by atomic mass is 10.1. The summed E-state index contributed by atoms with van der Waals surface area (Å²) in [4.78, 5) is 7.54. The first-order chi connectivity index (χ1) is 11.4. The van der Waals surface area contributed by atoms with Gasteiger partial charge in [-0.25, -0.2) is 27.2 Å². The van der Waals surface area contributed by atoms with Crippen molar-refractivity contribution in [3.8, 4) is 0 Å². The average Bonchev–Trinajstić information content (AvgIpc) is 2.55. The monoisotopic (exact) mass is 354 g/mol. The molecule has 1 aliphatic rings. The zero-order chi connectivity index (χ0) is 17.2. The molecule has 1 fully saturated rings. The van der Waals surface area contributed by atoms with E-state index in [4.69, 9.17) is 0 Å². The van der Waals surface area contributed by atoms with Crippen molar-refractivity contribution in [2.75, 3.05) is 18.4 Å². The van der Waals surface area contributed by atoms with Crippen molar-refractivity contribution in [2.45, 2.75) is 23.8 Å². The molecule has 0 amide bonds. The first-order valence-electron chi connectivity index (χ1n) is 7.44. The van der Waals surface area contributed by atoms with Gasteiger partial charge in [-0.1, -0.05) is 0 Å². The highest BCUT2D eigenvalue weighted by Gasteiger charge is 2.30. The van der Waals surface area contributed by atoms with Crippen molar-refractivity contribution in [1.82, 2.24) is 14.3 Å². The molecule has 1 aliphatic heterocycles. The lowest BCUT2D eigenvalue weighted by Gasteiger charge is -2.31. The Balaban J connectivity index is 1.67. The highest BCUT2D eigenvalue weighted by atomic mass is 32.2. The van der Waals surface area contributed by atoms with Gasteiger partial charge >= 0.3 is 0 Å². The molecule has 3 rings (SSSR count). The Kier molecular flexibility index (Phi) is 4.72. The SMILES string of the molecule is O=S(=O)(c1cc(F)cc(F)c1)N1CCC(Nc2ccncn2)CC1. The first-order valence-corrected chi connectivity index (χ1v) is 8.88. The smallest absolute Gasteiger partial charge is 0.243 e. The molecule has 0 unspecified atom stereocenters. The molecule has 0 saturated carbocycles. The summed E-state index contributed by atoms with van der Waals surface area (Å²) in [7, 11) is -3.90. The quantitative estimate of drug-likeness (QED) is 0.909. The minimum absolute atomic E-state index is 0.0793. The third-order valence-corrected chi connectivity index (χ3v) is 5.74. The molecule has 2 heterocycles. The Bertz CT molecular complexity index is 789. The van der Waals surface area contributed by atoms with Crippen LogP contribution in [0.5, 0.6) is 0 Å². The van der Waals surface area contributed by atoms with E-state index in [-0.39, 0.29) is 24.0 Å². The van der Waals surface area contributed by atoms with Gasteiger partial charge in [0.25, 0.3) is 0 Å². The molecule has 1 aromatic carbocycles. The molecule has 1 N–H and O–H groups in total. The number of halogens is 2. The van der Waals surface area contributed by atoms with Crippen LogP contribution in [0.25, 0.3) is 0 Å². The minimum Gasteiger partial charge on any atom is -0.367 e. The van der Waals surface area contributed by atoms with E-state index in [1.165, 1.54) is 10.6 Å². The van der Waals surface area contributed by atoms with Crippen molar-refractivity contribution in [1.29, 1.82) is 0 Å². The van der Waals surface area contributed by atoms with Crippen molar-refractivity contribution in [3.63, 3.8) is 0 Å². The molecule has 1 saturated heterocycles. The van der Waals surface area contributed by atoms with Gasteiger partial charge < -0.3 is 5.32 Å². The number of nitrogens with one attached hydrogen (secondary N) is 1. The van der Waals surface area contributed by atoms with Crippen LogP contribution in [0.3, 0.4) is 0 Å². The lowest BCUT2D eigenvalue weighted by Crippen LogP contribution is -2.42. The molecule has 1 aromatic heterocycles. The van der Waals surface area contributed by atoms with Crippen molar-refractivity contribution < 1.29 is 17.2 Å². The molecule has 6 nitrogen and oxygen atoms in total. The largest absolute Gasteiger partial charge is 0.367 e. The van der Waals surface area contributed by atoms with E-state index in [2.05, 4.69) is 15.3 Å². The van der Waals surface area contributed by atoms with E-state index in [1.54, 1.807) is 12.3 Å². The van der Waals surface area contributed by atoms with Crippen LogP contribution in [0, 0.1) is 11.6 Å². The van der Waals surface area contributed by atoms with E-state index in [1.807, 2.05) is 0 Å². The van der Waals surface area contributed by atoms with Crippen LogP contribution in [-0.2, 0) is 10.0 Å². The standard InChI is InChI=1S/C15H16F2N4O2S/c16-11-7-12(17)9-14(8-11)24(22,23)21-5-2-13(3-6-21)20-15-1-4-18-10-19-15/h1,4,7-10,13H,2-3,5-6H2,(H,18,19,20). The predicted molar refractivity (Wildman–Crippen MR) is 83.8 cm³/mol. The molecule has 2 aromatic rings. The Morgan fingerprint density at radius 2 is 1.79 bits per heavy atom. The van der Waals surface area contributed by atoms with Crippen molar-refractivity contribution >= 4 is 15.8 Å². The Morgan fingerprint density at radius 3 is 2.38 bits per heavy atom. The molecule has 0 spiro atoms. The highest BCUT2D eigenvalue weighted by molar-refractivity contribution is 7.89. The van der Waals surface area contributed by atoms with Gasteiger partial charge in [-0.3, -0.25) is 0 Å². The minimum atomic E-state index is -3.90. The van der Waals surface area contributed by atoms with Gasteiger partial charge in [0, 0.05) is 31.4 Å². The van der Waals surface area contributed by atoms with E-state index in [9.17, 15) is 17.2 Å². The Morgan fingerprint density at radius 1 is 1.12 bits per heavy atom. The predicted octanol–water partition coefficient (Wildman–Crippen LogP) is 2.02. The third-order valence-electron chi connectivity index (χ3n) is 3.86. The van der Waals surface area contributed by atoms with E-state index < -0.39 is 21.7 Å². The van der Waals surface area contributed by atoms with E-state index >= 15 is 0 Å². The average molecular weight is 354 g/mol. The van der Waals surface area contributed by atoms with Crippen LogP contribution < -0.4 is 5.32 Å². The molecule has 0 atom stereocenters. The van der Waals surface area contributed by atoms with E-state index in [0.29, 0.717) is 24.7 Å². The van der Waals surface area contributed by atoms with Crippen LogP contribution in [0.15, 0.2) is 41.7 Å². The zero-order valence-corrected chi connectivity index (χ0v) is 13.5. The Hall–Kier alpha value is -2.13. The van der Waals surface area contributed by atoms with Gasteiger partial charge in [0.2, 0.25) is 10.0 Å². The Labute approximate surface area is 138 Å². The van der Waals surface area contributed by atoms with Gasteiger partial charge in [-0.2, -0.15) is 4.31 Å². The summed E-state index contributed by atoms with van der Waals surface area (Å²) < 4.78 is 52.8. The number of piperidine rings is 1. The van der Waals surface area contributed by atoms with Crippen molar-refractivity contribution in [3.05, 3.63) is 48.4 Å². The normalized spacial score (nSPS) is 16.9. The maximum Gasteiger partial charge on any atom is 0.243 e. The second kappa shape index (κ2) is 6.78. The van der Waals surface area contributed by atoms with Crippen LogP contribution in [0.1, 0.15) is 12.8 Å². The second-order valence-corrected chi connectivity index (χ2v) is 7.46. The maximum atomic E-state index is 13.3. The highest BCUT2D eigenvalue weighted by Crippen LogP contribution is 2.23. The lowest BCUT2D eigenvalue weighted by molar-refractivity contribution is 0.329. The van der Waals surface area contributed by atoms with Gasteiger partial charge in [0.15, 0.2) is 0 Å². The van der Waals surface area contributed by atoms with Crippen LogP contribution in [0.4, 0.5) is 14.6 Å². The molecular weight excluding hydrogens is 338 g/mol. The summed E-state index contributed by atoms with van der Waals surface area (Å²) in [6.45, 7) is 0.534. The fraction of sp³-hybridized carbons (Fsp3) is 0.333. The third kappa shape index (κ3) is 3.68. The zero-order valence-electron chi connectivity index (χ0n) is 12.7. The van der Waals surface area contributed by atoms with Gasteiger partial charge in [-0.05, 0) is 31.0 Å². The fourth-order valence-corrected chi connectivity index (χ4v) is 4.16. The summed E-state index contributed by atoms with van der Waals surface area (Å²) in [6.07, 6.45) is 4.19. The number of hydrogen-bond acceptors (Lipinski definition) is 5. The fourth-order valence-electron chi connectivity index (χ4n) is 2.65. The number of aromatic nitrogens is 2. The van der Waals surface area contributed by atoms with Gasteiger partial charge in [-0.15, -0.1) is 0 Å². The van der Waals surface area contributed by atoms with Gasteiger partial charge in [0.1, 0.15) is 23.8 Å². The molecular formula is C15H16F2N4O2S. The molecule has 128 valence electrons. The summed E-state index contributed by atoms with van der Waals surface area (Å²) in [6, 6.07) is 4.14. The molecule has 9 heteroatoms. The number of anilines is 1. The van der Waals surface area contributed by atoms with Crippen LogP contribution in [-0.4, -0.2) is 41.8 Å². The maximum absolute atomic E-state index is 13.3. The summed E-state index contributed by atoms with van der Waals surface area (Å²) in [5.41, 5.74) is 0. The van der Waals surface area contributed by atoms with Crippen LogP contribution >= 0.6 is 0 Å². The number of hydrogen-bond donors (Lipinski definition) is 1. The van der Waals surface area contributed by atoms with Crippen LogP contribution in [0.2, 0.25) is 0 Å². The first kappa shape index (κ1) is 16.7. The molecule has 0 radical (unpaired) electrons. The van der Waals surface area contributed by atoms with Gasteiger partial charge in [0.05, 0.1) is 4.90 Å². The number of rotatable bonds is 4.